The summed E-state index contributed by atoms with van der Waals surface area (Å²) in [6, 6.07) is -1.20. The van der Waals surface area contributed by atoms with Crippen molar-refractivity contribution < 1.29 is 50.0 Å². The summed E-state index contributed by atoms with van der Waals surface area (Å²) in [7, 11) is 0. The van der Waals surface area contributed by atoms with Crippen molar-refractivity contribution in [3.63, 3.8) is 0 Å². The molecule has 0 aromatic heterocycles. The summed E-state index contributed by atoms with van der Waals surface area (Å²) in [6.07, 6.45) is 36.9. The number of aliphatic hydroxyl groups excluding tert-OH is 7. The molecule has 0 aromatic rings. The Morgan fingerprint density at radius 2 is 1.03 bits per heavy atom. The van der Waals surface area contributed by atoms with E-state index in [1.807, 2.05) is 0 Å². The van der Waals surface area contributed by atoms with E-state index in [9.17, 15) is 40.5 Å². The normalized spacial score (nSPS) is 22.0. The molecular formula is C50H89NO10. The Hall–Kier alpha value is -2.19. The number of hydrogen-bond donors (Lipinski definition) is 8. The minimum Gasteiger partial charge on any atom is -0.394 e. The largest absolute Gasteiger partial charge is 0.394 e. The summed E-state index contributed by atoms with van der Waals surface area (Å²) in [6.45, 7) is 3.35. The molecule has 354 valence electrons. The van der Waals surface area contributed by atoms with Gasteiger partial charge in [0.05, 0.1) is 25.4 Å². The maximum atomic E-state index is 13.1. The van der Waals surface area contributed by atoms with E-state index in [1.54, 1.807) is 0 Å². The number of amides is 1. The molecule has 8 N–H and O–H groups in total. The van der Waals surface area contributed by atoms with E-state index in [0.29, 0.717) is 19.3 Å². The van der Waals surface area contributed by atoms with Crippen molar-refractivity contribution >= 4 is 5.91 Å². The Kier molecular flexibility index (Phi) is 36.7. The third-order valence-corrected chi connectivity index (χ3v) is 11.3. The zero-order valence-electron chi connectivity index (χ0n) is 38.1. The predicted molar refractivity (Wildman–Crippen MR) is 247 cm³/mol. The molecule has 61 heavy (non-hydrogen) atoms. The molecule has 1 amide bonds. The van der Waals surface area contributed by atoms with Gasteiger partial charge in [-0.15, -0.1) is 0 Å². The molecule has 0 saturated carbocycles. The molecule has 9 unspecified atom stereocenters. The van der Waals surface area contributed by atoms with E-state index in [0.717, 1.165) is 64.2 Å². The van der Waals surface area contributed by atoms with Crippen LogP contribution in [0, 0.1) is 0 Å². The van der Waals surface area contributed by atoms with Crippen LogP contribution in [0.25, 0.3) is 0 Å². The van der Waals surface area contributed by atoms with Gasteiger partial charge in [-0.1, -0.05) is 152 Å². The summed E-state index contributed by atoms with van der Waals surface area (Å²) >= 11 is 0. The molecule has 0 aliphatic carbocycles. The van der Waals surface area contributed by atoms with E-state index in [2.05, 4.69) is 79.9 Å². The van der Waals surface area contributed by atoms with Gasteiger partial charge >= 0.3 is 0 Å². The lowest BCUT2D eigenvalue weighted by Gasteiger charge is -2.40. The van der Waals surface area contributed by atoms with Crippen LogP contribution < -0.4 is 5.32 Å². The first-order valence-corrected chi connectivity index (χ1v) is 24.2. The summed E-state index contributed by atoms with van der Waals surface area (Å²) in [5.74, 6) is -0.720. The van der Waals surface area contributed by atoms with Gasteiger partial charge < -0.3 is 50.5 Å². The Morgan fingerprint density at radius 1 is 0.574 bits per heavy atom. The van der Waals surface area contributed by atoms with Crippen molar-refractivity contribution in [3.8, 4) is 0 Å². The van der Waals surface area contributed by atoms with Crippen molar-refractivity contribution in [1.29, 1.82) is 0 Å². The van der Waals surface area contributed by atoms with E-state index in [-0.39, 0.29) is 12.8 Å². The van der Waals surface area contributed by atoms with Gasteiger partial charge in [-0.2, -0.15) is 0 Å². The quantitative estimate of drug-likeness (QED) is 0.0170. The van der Waals surface area contributed by atoms with Crippen molar-refractivity contribution in [2.45, 2.75) is 236 Å². The SMILES string of the molecule is CCCCC/C=C\C=C/CCCCCCCCCCCC(O)C(=O)NC(COC1OC(CO)C(O)C(O)C1O)C(O)C(O)CCC/C=C/CC/C=C/CC/C=C/CCCCC. The van der Waals surface area contributed by atoms with Crippen LogP contribution in [0.1, 0.15) is 181 Å². The molecule has 1 heterocycles. The van der Waals surface area contributed by atoms with Gasteiger partial charge in [0.2, 0.25) is 5.91 Å². The predicted octanol–water partition coefficient (Wildman–Crippen LogP) is 8.33. The minimum absolute atomic E-state index is 0.237. The zero-order valence-corrected chi connectivity index (χ0v) is 38.1. The van der Waals surface area contributed by atoms with E-state index < -0.39 is 74.2 Å². The molecule has 1 aliphatic heterocycles. The summed E-state index contributed by atoms with van der Waals surface area (Å²) in [5, 5.41) is 75.7. The van der Waals surface area contributed by atoms with Gasteiger partial charge in [0, 0.05) is 0 Å². The number of carbonyl (C=O) groups is 1. The van der Waals surface area contributed by atoms with Gasteiger partial charge in [-0.25, -0.2) is 0 Å². The van der Waals surface area contributed by atoms with E-state index >= 15 is 0 Å². The molecule has 0 bridgehead atoms. The number of rotatable bonds is 39. The number of nitrogens with one attached hydrogen (secondary N) is 1. The van der Waals surface area contributed by atoms with Crippen LogP contribution in [0.3, 0.4) is 0 Å². The zero-order chi connectivity index (χ0) is 44.8. The standard InChI is InChI=1S/C50H89NO10/c1-3-5-7-9-11-13-15-17-19-21-22-24-26-28-30-32-34-36-38-43(54)49(59)51-41(40-60-50-48(58)47(57)46(56)44(39-52)61-50)45(55)42(53)37-35-33-31-29-27-25-23-20-18-16-14-12-10-8-6-4-2/h11-15,17,20,23,29,31,41-48,50,52-58H,3-10,16,18-19,21-22,24-28,30,32-40H2,1-2H3,(H,51,59)/b13-11-,14-12+,17-15-,23-20+,31-29+. The van der Waals surface area contributed by atoms with Crippen LogP contribution in [0.2, 0.25) is 0 Å². The molecule has 0 aromatic carbocycles. The van der Waals surface area contributed by atoms with Crippen molar-refractivity contribution in [2.24, 2.45) is 0 Å². The number of ether oxygens (including phenoxy) is 2. The second-order valence-corrected chi connectivity index (χ2v) is 16.8. The Bertz CT molecular complexity index is 1170. The van der Waals surface area contributed by atoms with Gasteiger partial charge in [0.25, 0.3) is 0 Å². The topological polar surface area (TPSA) is 189 Å². The first-order chi connectivity index (χ1) is 29.7. The van der Waals surface area contributed by atoms with Gasteiger partial charge in [-0.3, -0.25) is 4.79 Å². The van der Waals surface area contributed by atoms with Crippen LogP contribution in [0.15, 0.2) is 60.8 Å². The number of hydrogen-bond acceptors (Lipinski definition) is 10. The Morgan fingerprint density at radius 3 is 1.56 bits per heavy atom. The summed E-state index contributed by atoms with van der Waals surface area (Å²) < 4.78 is 11.1. The Balaban J connectivity index is 2.47. The maximum absolute atomic E-state index is 13.1. The van der Waals surface area contributed by atoms with Crippen molar-refractivity contribution in [3.05, 3.63) is 60.8 Å². The van der Waals surface area contributed by atoms with E-state index in [4.69, 9.17) is 9.47 Å². The highest BCUT2D eigenvalue weighted by atomic mass is 16.7. The third-order valence-electron chi connectivity index (χ3n) is 11.3. The third kappa shape index (κ3) is 29.0. The molecule has 1 saturated heterocycles. The van der Waals surface area contributed by atoms with Crippen LogP contribution in [-0.2, 0) is 14.3 Å². The Labute approximate surface area is 370 Å². The fraction of sp³-hybridized carbons (Fsp3) is 0.780. The molecule has 1 fully saturated rings. The number of unbranched alkanes of at least 4 members (excludes halogenated alkanes) is 18. The van der Waals surface area contributed by atoms with Crippen LogP contribution in [-0.4, -0.2) is 110 Å². The van der Waals surface area contributed by atoms with Crippen LogP contribution >= 0.6 is 0 Å². The second-order valence-electron chi connectivity index (χ2n) is 16.8. The molecule has 9 atom stereocenters. The summed E-state index contributed by atoms with van der Waals surface area (Å²) in [4.78, 5) is 13.1. The van der Waals surface area contributed by atoms with Crippen molar-refractivity contribution in [1.82, 2.24) is 5.32 Å². The molecule has 0 spiro atoms. The maximum Gasteiger partial charge on any atom is 0.249 e. The average molecular weight is 864 g/mol. The smallest absolute Gasteiger partial charge is 0.249 e. The summed E-state index contributed by atoms with van der Waals surface area (Å²) in [5.41, 5.74) is 0. The molecule has 11 heteroatoms. The highest BCUT2D eigenvalue weighted by Crippen LogP contribution is 2.23. The van der Waals surface area contributed by atoms with Crippen LogP contribution in [0.5, 0.6) is 0 Å². The molecule has 1 rings (SSSR count). The van der Waals surface area contributed by atoms with Gasteiger partial charge in [0.15, 0.2) is 6.29 Å². The first-order valence-electron chi connectivity index (χ1n) is 24.2. The molecule has 0 radical (unpaired) electrons. The van der Waals surface area contributed by atoms with E-state index in [1.165, 1.54) is 70.6 Å². The van der Waals surface area contributed by atoms with Gasteiger partial charge in [-0.05, 0) is 89.9 Å². The molecule has 1 aliphatic rings. The lowest BCUT2D eigenvalue weighted by molar-refractivity contribution is -0.303. The minimum atomic E-state index is -1.67. The fourth-order valence-corrected chi connectivity index (χ4v) is 7.23. The van der Waals surface area contributed by atoms with Gasteiger partial charge in [0.1, 0.15) is 36.6 Å². The molecule has 11 nitrogen and oxygen atoms in total. The lowest BCUT2D eigenvalue weighted by Crippen LogP contribution is -2.60. The average Bonchev–Trinajstić information content (AvgIpc) is 3.26. The fourth-order valence-electron chi connectivity index (χ4n) is 7.23. The number of allylic oxidation sites excluding steroid dienone is 10. The highest BCUT2D eigenvalue weighted by molar-refractivity contribution is 5.80. The van der Waals surface area contributed by atoms with Crippen LogP contribution in [0.4, 0.5) is 0 Å². The second kappa shape index (κ2) is 39.4. The number of aliphatic hydroxyl groups is 7. The first kappa shape index (κ1) is 56.8. The lowest BCUT2D eigenvalue weighted by atomic mass is 9.98. The molecular weight excluding hydrogens is 775 g/mol. The highest BCUT2D eigenvalue weighted by Gasteiger charge is 2.44. The monoisotopic (exact) mass is 864 g/mol. The number of carbonyl (C=O) groups excluding carboxylic acids is 1. The van der Waals surface area contributed by atoms with Crippen molar-refractivity contribution in [2.75, 3.05) is 13.2 Å².